The third kappa shape index (κ3) is 1.30. The van der Waals surface area contributed by atoms with Crippen LogP contribution in [-0.2, 0) is 4.74 Å². The highest BCUT2D eigenvalue weighted by atomic mass is 16.5. The summed E-state index contributed by atoms with van der Waals surface area (Å²) < 4.78 is 5.46. The van der Waals surface area contributed by atoms with E-state index in [1.54, 1.807) is 6.07 Å². The minimum atomic E-state index is 0.117. The van der Waals surface area contributed by atoms with E-state index in [4.69, 9.17) is 4.74 Å². The Bertz CT molecular complexity index is 264. The summed E-state index contributed by atoms with van der Waals surface area (Å²) in [4.78, 5) is 0. The molecule has 2 nitrogen and oxygen atoms in total. The van der Waals surface area contributed by atoms with E-state index >= 15 is 0 Å². The van der Waals surface area contributed by atoms with Gasteiger partial charge in [-0.3, -0.25) is 0 Å². The second-order valence-electron chi connectivity index (χ2n) is 3.06. The summed E-state index contributed by atoms with van der Waals surface area (Å²) in [5.41, 5.74) is 0.926. The van der Waals surface area contributed by atoms with E-state index in [2.05, 4.69) is 0 Å². The van der Waals surface area contributed by atoms with Crippen LogP contribution < -0.4 is 0 Å². The molecule has 1 aliphatic rings. The van der Waals surface area contributed by atoms with Crippen LogP contribution in [0.3, 0.4) is 0 Å². The fourth-order valence-corrected chi connectivity index (χ4v) is 1.58. The normalized spacial score (nSPS) is 22.8. The second kappa shape index (κ2) is 3.15. The van der Waals surface area contributed by atoms with Crippen molar-refractivity contribution in [3.05, 3.63) is 29.8 Å². The predicted octanol–water partition coefficient (Wildman–Crippen LogP) is 2.24. The standard InChI is InChI=1S/C10H12O2/c11-9-5-2-1-4-8(9)10-6-3-7-12-10/h1-2,4-5,10-11H,3,6-7H2/t10-/m1/s1. The van der Waals surface area contributed by atoms with Crippen molar-refractivity contribution in [1.82, 2.24) is 0 Å². The number of hydrogen-bond acceptors (Lipinski definition) is 2. The van der Waals surface area contributed by atoms with Crippen LogP contribution in [0.1, 0.15) is 24.5 Å². The molecule has 1 aliphatic heterocycles. The summed E-state index contributed by atoms with van der Waals surface area (Å²) in [5, 5.41) is 9.49. The molecule has 0 bridgehead atoms. The maximum atomic E-state index is 9.49. The van der Waals surface area contributed by atoms with Crippen LogP contribution in [0.15, 0.2) is 24.3 Å². The molecule has 1 saturated heterocycles. The lowest BCUT2D eigenvalue weighted by atomic mass is 10.1. The molecule has 64 valence electrons. The molecule has 0 amide bonds. The Balaban J connectivity index is 2.26. The summed E-state index contributed by atoms with van der Waals surface area (Å²) in [6, 6.07) is 7.38. The van der Waals surface area contributed by atoms with E-state index in [0.717, 1.165) is 25.0 Å². The molecule has 1 aromatic carbocycles. The smallest absolute Gasteiger partial charge is 0.121 e. The van der Waals surface area contributed by atoms with Gasteiger partial charge in [-0.05, 0) is 18.9 Å². The molecule has 0 aromatic heterocycles. The van der Waals surface area contributed by atoms with E-state index in [0.29, 0.717) is 5.75 Å². The van der Waals surface area contributed by atoms with Crippen LogP contribution in [-0.4, -0.2) is 11.7 Å². The average molecular weight is 164 g/mol. The van der Waals surface area contributed by atoms with Crippen LogP contribution in [0.25, 0.3) is 0 Å². The third-order valence-electron chi connectivity index (χ3n) is 2.21. The van der Waals surface area contributed by atoms with Crippen LogP contribution in [0.2, 0.25) is 0 Å². The molecule has 0 aliphatic carbocycles. The number of para-hydroxylation sites is 1. The van der Waals surface area contributed by atoms with Crippen LogP contribution in [0.5, 0.6) is 5.75 Å². The summed E-state index contributed by atoms with van der Waals surface area (Å²) in [6.45, 7) is 0.818. The van der Waals surface area contributed by atoms with Gasteiger partial charge in [-0.1, -0.05) is 18.2 Å². The molecule has 12 heavy (non-hydrogen) atoms. The molecule has 1 fully saturated rings. The highest BCUT2D eigenvalue weighted by molar-refractivity contribution is 5.33. The van der Waals surface area contributed by atoms with Crippen molar-refractivity contribution < 1.29 is 9.84 Å². The quantitative estimate of drug-likeness (QED) is 0.689. The summed E-state index contributed by atoms with van der Waals surface area (Å²) >= 11 is 0. The predicted molar refractivity (Wildman–Crippen MR) is 46.0 cm³/mol. The van der Waals surface area contributed by atoms with E-state index < -0.39 is 0 Å². The Hall–Kier alpha value is -1.02. The largest absolute Gasteiger partial charge is 0.508 e. The van der Waals surface area contributed by atoms with Gasteiger partial charge in [0, 0.05) is 12.2 Å². The lowest BCUT2D eigenvalue weighted by Gasteiger charge is -2.10. The first-order valence-corrected chi connectivity index (χ1v) is 4.27. The lowest BCUT2D eigenvalue weighted by Crippen LogP contribution is -1.95. The molecule has 1 N–H and O–H groups in total. The van der Waals surface area contributed by atoms with Crippen molar-refractivity contribution in [3.8, 4) is 5.75 Å². The van der Waals surface area contributed by atoms with Gasteiger partial charge in [-0.15, -0.1) is 0 Å². The summed E-state index contributed by atoms with van der Waals surface area (Å²) in [6.07, 6.45) is 2.24. The van der Waals surface area contributed by atoms with Gasteiger partial charge in [0.25, 0.3) is 0 Å². The first-order chi connectivity index (χ1) is 5.88. The number of phenolic OH excluding ortho intramolecular Hbond substituents is 1. The molecule has 2 rings (SSSR count). The maximum Gasteiger partial charge on any atom is 0.121 e. The van der Waals surface area contributed by atoms with Crippen molar-refractivity contribution in [2.45, 2.75) is 18.9 Å². The molecule has 0 unspecified atom stereocenters. The molecular weight excluding hydrogens is 152 g/mol. The SMILES string of the molecule is Oc1ccccc1[C@H]1CCCO1. The third-order valence-corrected chi connectivity index (χ3v) is 2.21. The molecule has 2 heteroatoms. The Kier molecular flexibility index (Phi) is 2.00. The lowest BCUT2D eigenvalue weighted by molar-refractivity contribution is 0.110. The number of rotatable bonds is 1. The minimum Gasteiger partial charge on any atom is -0.508 e. The Morgan fingerprint density at radius 1 is 1.33 bits per heavy atom. The number of aromatic hydroxyl groups is 1. The molecule has 0 spiro atoms. The molecular formula is C10H12O2. The van der Waals surface area contributed by atoms with Crippen LogP contribution in [0.4, 0.5) is 0 Å². The minimum absolute atomic E-state index is 0.117. The van der Waals surface area contributed by atoms with Crippen molar-refractivity contribution in [3.63, 3.8) is 0 Å². The maximum absolute atomic E-state index is 9.49. The number of phenols is 1. The van der Waals surface area contributed by atoms with Crippen molar-refractivity contribution in [2.24, 2.45) is 0 Å². The van der Waals surface area contributed by atoms with Crippen LogP contribution >= 0.6 is 0 Å². The van der Waals surface area contributed by atoms with E-state index in [9.17, 15) is 5.11 Å². The van der Waals surface area contributed by atoms with Gasteiger partial charge < -0.3 is 9.84 Å². The van der Waals surface area contributed by atoms with Gasteiger partial charge >= 0.3 is 0 Å². The zero-order valence-electron chi connectivity index (χ0n) is 6.86. The van der Waals surface area contributed by atoms with Gasteiger partial charge in [0.2, 0.25) is 0 Å². The first kappa shape index (κ1) is 7.62. The fraction of sp³-hybridized carbons (Fsp3) is 0.400. The highest BCUT2D eigenvalue weighted by Gasteiger charge is 2.19. The molecule has 0 saturated carbocycles. The Morgan fingerprint density at radius 3 is 2.83 bits per heavy atom. The van der Waals surface area contributed by atoms with Crippen LogP contribution in [0, 0.1) is 0 Å². The summed E-state index contributed by atoms with van der Waals surface area (Å²) in [7, 11) is 0. The zero-order chi connectivity index (χ0) is 8.39. The number of ether oxygens (including phenoxy) is 1. The Morgan fingerprint density at radius 2 is 2.17 bits per heavy atom. The molecule has 1 heterocycles. The topological polar surface area (TPSA) is 29.5 Å². The number of hydrogen-bond donors (Lipinski definition) is 1. The number of benzene rings is 1. The zero-order valence-corrected chi connectivity index (χ0v) is 6.86. The van der Waals surface area contributed by atoms with E-state index in [1.165, 1.54) is 0 Å². The average Bonchev–Trinajstić information content (AvgIpc) is 2.57. The monoisotopic (exact) mass is 164 g/mol. The highest BCUT2D eigenvalue weighted by Crippen LogP contribution is 2.33. The van der Waals surface area contributed by atoms with E-state index in [1.807, 2.05) is 18.2 Å². The second-order valence-corrected chi connectivity index (χ2v) is 3.06. The van der Waals surface area contributed by atoms with Crippen molar-refractivity contribution >= 4 is 0 Å². The van der Waals surface area contributed by atoms with Gasteiger partial charge in [-0.2, -0.15) is 0 Å². The van der Waals surface area contributed by atoms with Gasteiger partial charge in [0.15, 0.2) is 0 Å². The molecule has 1 atom stereocenters. The summed E-state index contributed by atoms with van der Waals surface area (Å²) in [5.74, 6) is 0.351. The van der Waals surface area contributed by atoms with Gasteiger partial charge in [-0.25, -0.2) is 0 Å². The van der Waals surface area contributed by atoms with Crippen molar-refractivity contribution in [2.75, 3.05) is 6.61 Å². The van der Waals surface area contributed by atoms with Crippen molar-refractivity contribution in [1.29, 1.82) is 0 Å². The first-order valence-electron chi connectivity index (χ1n) is 4.27. The van der Waals surface area contributed by atoms with Gasteiger partial charge in [0.05, 0.1) is 6.10 Å². The van der Waals surface area contributed by atoms with Gasteiger partial charge in [0.1, 0.15) is 5.75 Å². The fourth-order valence-electron chi connectivity index (χ4n) is 1.58. The Labute approximate surface area is 71.8 Å². The molecule has 1 aromatic rings. The molecule has 0 radical (unpaired) electrons. The van der Waals surface area contributed by atoms with E-state index in [-0.39, 0.29) is 6.10 Å².